The van der Waals surface area contributed by atoms with Gasteiger partial charge in [-0.15, -0.1) is 0 Å². The van der Waals surface area contributed by atoms with Gasteiger partial charge in [0.25, 0.3) is 0 Å². The number of nitrogens with one attached hydrogen (secondary N) is 1. The monoisotopic (exact) mass is 320 g/mol. The predicted octanol–water partition coefficient (Wildman–Crippen LogP) is 2.10. The average molecular weight is 321 g/mol. The number of benzene rings is 1. The highest BCUT2D eigenvalue weighted by Crippen LogP contribution is 2.23. The third-order valence-corrected chi connectivity index (χ3v) is 5.62. The molecule has 1 aromatic rings. The minimum Gasteiger partial charge on any atom is -0.316 e. The molecule has 1 aliphatic heterocycles. The topological polar surface area (TPSA) is 49.4 Å². The molecule has 7 heteroatoms. The van der Waals surface area contributed by atoms with Crippen molar-refractivity contribution in [3.8, 4) is 0 Å². The Bertz CT molecular complexity index is 574. The van der Waals surface area contributed by atoms with E-state index in [1.165, 1.54) is 10.4 Å². The summed E-state index contributed by atoms with van der Waals surface area (Å²) in [6.07, 6.45) is 2.07. The van der Waals surface area contributed by atoms with Gasteiger partial charge in [-0.3, -0.25) is 0 Å². The summed E-state index contributed by atoms with van der Waals surface area (Å²) in [7, 11) is -2.08. The zero-order valence-corrected chi connectivity index (χ0v) is 12.8. The van der Waals surface area contributed by atoms with Crippen molar-refractivity contribution in [2.45, 2.75) is 17.7 Å². The molecular formula is C13H18ClFN2O2S. The van der Waals surface area contributed by atoms with Crippen molar-refractivity contribution in [3.63, 3.8) is 0 Å². The van der Waals surface area contributed by atoms with Crippen LogP contribution in [0.15, 0.2) is 23.1 Å². The molecule has 0 spiro atoms. The quantitative estimate of drug-likeness (QED) is 0.924. The van der Waals surface area contributed by atoms with Crippen molar-refractivity contribution in [3.05, 3.63) is 29.0 Å². The Morgan fingerprint density at radius 2 is 2.25 bits per heavy atom. The molecule has 4 nitrogen and oxygen atoms in total. The molecule has 2 rings (SSSR count). The van der Waals surface area contributed by atoms with E-state index in [0.717, 1.165) is 38.1 Å². The summed E-state index contributed by atoms with van der Waals surface area (Å²) in [6.45, 7) is 2.26. The van der Waals surface area contributed by atoms with Crippen LogP contribution in [-0.4, -0.2) is 39.4 Å². The van der Waals surface area contributed by atoms with E-state index >= 15 is 0 Å². The Morgan fingerprint density at radius 1 is 1.50 bits per heavy atom. The molecule has 0 saturated carbocycles. The Morgan fingerprint density at radius 3 is 2.85 bits per heavy atom. The second-order valence-electron chi connectivity index (χ2n) is 5.07. The van der Waals surface area contributed by atoms with Crippen molar-refractivity contribution in [1.29, 1.82) is 0 Å². The van der Waals surface area contributed by atoms with Crippen LogP contribution in [0, 0.1) is 11.7 Å². The van der Waals surface area contributed by atoms with Crippen LogP contribution < -0.4 is 5.32 Å². The molecule has 20 heavy (non-hydrogen) atoms. The fourth-order valence-electron chi connectivity index (χ4n) is 2.36. The highest BCUT2D eigenvalue weighted by molar-refractivity contribution is 7.89. The molecule has 1 heterocycles. The smallest absolute Gasteiger partial charge is 0.242 e. The van der Waals surface area contributed by atoms with Gasteiger partial charge >= 0.3 is 0 Å². The van der Waals surface area contributed by atoms with Gasteiger partial charge in [-0.2, -0.15) is 0 Å². The summed E-state index contributed by atoms with van der Waals surface area (Å²) < 4.78 is 39.2. The predicted molar refractivity (Wildman–Crippen MR) is 76.8 cm³/mol. The summed E-state index contributed by atoms with van der Waals surface area (Å²) in [6, 6.07) is 3.47. The standard InChI is InChI=1S/C13H18ClFN2O2S/c1-17(9-10-3-2-6-16-8-10)20(18,19)11-4-5-13(15)12(14)7-11/h4-5,7,10,16H,2-3,6,8-9H2,1H3. The van der Waals surface area contributed by atoms with Crippen LogP contribution in [0.25, 0.3) is 0 Å². The Balaban J connectivity index is 2.13. The molecule has 0 amide bonds. The van der Waals surface area contributed by atoms with Crippen LogP contribution in [0.1, 0.15) is 12.8 Å². The van der Waals surface area contributed by atoms with Gasteiger partial charge in [-0.1, -0.05) is 11.6 Å². The van der Waals surface area contributed by atoms with Gasteiger partial charge in [-0.25, -0.2) is 17.1 Å². The van der Waals surface area contributed by atoms with Crippen LogP contribution in [0.3, 0.4) is 0 Å². The molecule has 1 aliphatic rings. The highest BCUT2D eigenvalue weighted by atomic mass is 35.5. The van der Waals surface area contributed by atoms with Crippen molar-refractivity contribution >= 4 is 21.6 Å². The maximum absolute atomic E-state index is 13.1. The molecule has 1 atom stereocenters. The van der Waals surface area contributed by atoms with E-state index < -0.39 is 15.8 Å². The zero-order chi connectivity index (χ0) is 14.8. The van der Waals surface area contributed by atoms with E-state index in [2.05, 4.69) is 5.32 Å². The number of hydrogen-bond donors (Lipinski definition) is 1. The second kappa shape index (κ2) is 6.39. The van der Waals surface area contributed by atoms with Crippen molar-refractivity contribution < 1.29 is 12.8 Å². The first-order valence-corrected chi connectivity index (χ1v) is 8.35. The van der Waals surface area contributed by atoms with Crippen molar-refractivity contribution in [2.24, 2.45) is 5.92 Å². The van der Waals surface area contributed by atoms with Crippen LogP contribution in [0.5, 0.6) is 0 Å². The van der Waals surface area contributed by atoms with E-state index in [4.69, 9.17) is 11.6 Å². The SMILES string of the molecule is CN(CC1CCCNC1)S(=O)(=O)c1ccc(F)c(Cl)c1. The molecule has 0 radical (unpaired) electrons. The first kappa shape index (κ1) is 15.7. The lowest BCUT2D eigenvalue weighted by Gasteiger charge is -2.27. The first-order valence-electron chi connectivity index (χ1n) is 6.53. The molecule has 1 N–H and O–H groups in total. The van der Waals surface area contributed by atoms with Crippen molar-refractivity contribution in [2.75, 3.05) is 26.7 Å². The minimum absolute atomic E-state index is 0.0233. The van der Waals surface area contributed by atoms with Gasteiger partial charge in [-0.05, 0) is 50.0 Å². The lowest BCUT2D eigenvalue weighted by atomic mass is 10.00. The van der Waals surface area contributed by atoms with E-state index in [0.29, 0.717) is 12.5 Å². The number of hydrogen-bond acceptors (Lipinski definition) is 3. The average Bonchev–Trinajstić information content (AvgIpc) is 2.42. The largest absolute Gasteiger partial charge is 0.316 e. The molecule has 1 unspecified atom stereocenters. The summed E-state index contributed by atoms with van der Waals surface area (Å²) in [5.41, 5.74) is 0. The Hall–Kier alpha value is -0.690. The highest BCUT2D eigenvalue weighted by Gasteiger charge is 2.25. The molecule has 0 bridgehead atoms. The molecule has 112 valence electrons. The van der Waals surface area contributed by atoms with Gasteiger partial charge in [0.1, 0.15) is 5.82 Å². The van der Waals surface area contributed by atoms with Gasteiger partial charge in [0, 0.05) is 13.6 Å². The maximum atomic E-state index is 13.1. The fourth-order valence-corrected chi connectivity index (χ4v) is 3.88. The van der Waals surface area contributed by atoms with E-state index in [9.17, 15) is 12.8 Å². The number of halogens is 2. The summed E-state index contributed by atoms with van der Waals surface area (Å²) in [4.78, 5) is 0.0233. The third-order valence-electron chi connectivity index (χ3n) is 3.51. The van der Waals surface area contributed by atoms with E-state index in [1.807, 2.05) is 0 Å². The molecule has 1 fully saturated rings. The Kier molecular flexibility index (Phi) is 5.01. The molecule has 0 aliphatic carbocycles. The van der Waals surface area contributed by atoms with Gasteiger partial charge in [0.05, 0.1) is 9.92 Å². The molecule has 1 saturated heterocycles. The van der Waals surface area contributed by atoms with Gasteiger partial charge < -0.3 is 5.32 Å². The van der Waals surface area contributed by atoms with Gasteiger partial charge in [0.2, 0.25) is 10.0 Å². The second-order valence-corrected chi connectivity index (χ2v) is 7.53. The normalized spacial score (nSPS) is 20.3. The lowest BCUT2D eigenvalue weighted by Crippen LogP contribution is -2.39. The number of sulfonamides is 1. The number of nitrogens with zero attached hydrogens (tertiary/aromatic N) is 1. The van der Waals surface area contributed by atoms with Crippen LogP contribution in [0.4, 0.5) is 4.39 Å². The zero-order valence-electron chi connectivity index (χ0n) is 11.3. The summed E-state index contributed by atoms with van der Waals surface area (Å²) in [5, 5.41) is 3.07. The number of rotatable bonds is 4. The lowest BCUT2D eigenvalue weighted by molar-refractivity contribution is 0.315. The first-order chi connectivity index (χ1) is 9.41. The van der Waals surface area contributed by atoms with Crippen molar-refractivity contribution in [1.82, 2.24) is 9.62 Å². The van der Waals surface area contributed by atoms with Crippen LogP contribution in [-0.2, 0) is 10.0 Å². The van der Waals surface area contributed by atoms with Gasteiger partial charge in [0.15, 0.2) is 0 Å². The number of piperidine rings is 1. The minimum atomic E-state index is -3.62. The third kappa shape index (κ3) is 3.49. The van der Waals surface area contributed by atoms with E-state index in [-0.39, 0.29) is 9.92 Å². The van der Waals surface area contributed by atoms with Crippen LogP contribution >= 0.6 is 11.6 Å². The molecule has 0 aromatic heterocycles. The van der Waals surface area contributed by atoms with Crippen LogP contribution in [0.2, 0.25) is 5.02 Å². The Labute approximate surface area is 124 Å². The van der Waals surface area contributed by atoms with E-state index in [1.54, 1.807) is 7.05 Å². The summed E-state index contributed by atoms with van der Waals surface area (Å²) >= 11 is 5.65. The maximum Gasteiger partial charge on any atom is 0.242 e. The fraction of sp³-hybridized carbons (Fsp3) is 0.538. The summed E-state index contributed by atoms with van der Waals surface area (Å²) in [5.74, 6) is -0.316. The molecule has 1 aromatic carbocycles. The molecular weight excluding hydrogens is 303 g/mol.